The van der Waals surface area contributed by atoms with Crippen molar-refractivity contribution in [1.29, 1.82) is 0 Å². The van der Waals surface area contributed by atoms with E-state index in [4.69, 9.17) is 8.83 Å². The highest BCUT2D eigenvalue weighted by atomic mass is 16.3. The van der Waals surface area contributed by atoms with Gasteiger partial charge in [0.25, 0.3) is 0 Å². The molecule has 0 atom stereocenters. The van der Waals surface area contributed by atoms with Crippen molar-refractivity contribution in [2.24, 2.45) is 0 Å². The molecular weight excluding hydrogens is 949 g/mol. The van der Waals surface area contributed by atoms with Gasteiger partial charge in [0.2, 0.25) is 0 Å². The molecule has 12 aromatic carbocycles. The van der Waals surface area contributed by atoms with Crippen LogP contribution in [0.1, 0.15) is 11.1 Å². The molecule has 0 saturated carbocycles. The highest BCUT2D eigenvalue weighted by Gasteiger charge is 2.23. The number of nitrogens with zero attached hydrogens (tertiary/aromatic N) is 2. The topological polar surface area (TPSA) is 32.8 Å². The molecular formula is C74H52N2O2. The molecule has 0 radical (unpaired) electrons. The van der Waals surface area contributed by atoms with E-state index in [0.717, 1.165) is 134 Å². The molecule has 0 unspecified atom stereocenters. The van der Waals surface area contributed by atoms with Gasteiger partial charge in [-0.25, -0.2) is 0 Å². The Balaban J connectivity index is 0.880. The quantitative estimate of drug-likeness (QED) is 0.129. The first kappa shape index (κ1) is 46.4. The molecule has 0 saturated heterocycles. The van der Waals surface area contributed by atoms with Crippen LogP contribution < -0.4 is 9.80 Å². The van der Waals surface area contributed by atoms with Gasteiger partial charge in [0.1, 0.15) is 22.3 Å². The Hall–Kier alpha value is -10.2. The molecule has 0 N–H and O–H groups in total. The molecule has 2 aromatic heterocycles. The highest BCUT2D eigenvalue weighted by molar-refractivity contribution is 6.08. The Morgan fingerprint density at radius 1 is 0.231 bits per heavy atom. The van der Waals surface area contributed by atoms with Crippen LogP contribution in [0.15, 0.2) is 288 Å². The number of rotatable bonds is 11. The number of furan rings is 2. The largest absolute Gasteiger partial charge is 0.456 e. The summed E-state index contributed by atoms with van der Waals surface area (Å²) in [7, 11) is 0. The second kappa shape index (κ2) is 19.5. The van der Waals surface area contributed by atoms with Gasteiger partial charge in [-0.15, -0.1) is 0 Å². The Labute approximate surface area is 454 Å². The molecule has 4 heteroatoms. The lowest BCUT2D eigenvalue weighted by molar-refractivity contribution is 0.668. The summed E-state index contributed by atoms with van der Waals surface area (Å²) in [6.45, 7) is 4.48. The maximum Gasteiger partial charge on any atom is 0.135 e. The lowest BCUT2D eigenvalue weighted by Crippen LogP contribution is -2.13. The third-order valence-electron chi connectivity index (χ3n) is 15.3. The van der Waals surface area contributed by atoms with Gasteiger partial charge in [-0.2, -0.15) is 0 Å². The molecule has 370 valence electrons. The summed E-state index contributed by atoms with van der Waals surface area (Å²) in [4.78, 5) is 4.86. The lowest BCUT2D eigenvalue weighted by Gasteiger charge is -2.30. The predicted octanol–water partition coefficient (Wildman–Crippen LogP) is 21.4. The van der Waals surface area contributed by atoms with Crippen LogP contribution in [-0.4, -0.2) is 0 Å². The summed E-state index contributed by atoms with van der Waals surface area (Å²) in [5, 5.41) is 4.43. The summed E-state index contributed by atoms with van der Waals surface area (Å²) in [6, 6.07) is 100. The summed E-state index contributed by atoms with van der Waals surface area (Å²) in [6.07, 6.45) is 0. The van der Waals surface area contributed by atoms with Crippen LogP contribution in [0.3, 0.4) is 0 Å². The van der Waals surface area contributed by atoms with Crippen LogP contribution in [-0.2, 0) is 0 Å². The molecule has 0 spiro atoms. The molecule has 4 nitrogen and oxygen atoms in total. The summed E-state index contributed by atoms with van der Waals surface area (Å²) < 4.78 is 12.6. The first-order valence-electron chi connectivity index (χ1n) is 26.6. The molecule has 0 aliphatic carbocycles. The monoisotopic (exact) mass is 1000 g/mol. The summed E-state index contributed by atoms with van der Waals surface area (Å²) in [5.74, 6) is 0. The van der Waals surface area contributed by atoms with Crippen molar-refractivity contribution in [1.82, 2.24) is 0 Å². The number of hydrogen-bond donors (Lipinski definition) is 0. The van der Waals surface area contributed by atoms with E-state index < -0.39 is 0 Å². The molecule has 0 bridgehead atoms. The van der Waals surface area contributed by atoms with Gasteiger partial charge in [0, 0.05) is 55.4 Å². The first-order valence-corrected chi connectivity index (χ1v) is 26.6. The minimum Gasteiger partial charge on any atom is -0.456 e. The number of benzene rings is 12. The fourth-order valence-corrected chi connectivity index (χ4v) is 11.5. The second-order valence-corrected chi connectivity index (χ2v) is 20.2. The van der Waals surface area contributed by atoms with Crippen LogP contribution in [0.25, 0.3) is 99.5 Å². The van der Waals surface area contributed by atoms with E-state index >= 15 is 0 Å². The van der Waals surface area contributed by atoms with E-state index in [9.17, 15) is 0 Å². The van der Waals surface area contributed by atoms with Crippen molar-refractivity contribution in [2.75, 3.05) is 9.80 Å². The fraction of sp³-hybridized carbons (Fsp3) is 0.0270. The molecule has 78 heavy (non-hydrogen) atoms. The molecule has 14 rings (SSSR count). The van der Waals surface area contributed by atoms with E-state index in [0.29, 0.717) is 0 Å². The standard InChI is InChI=1S/C74H52N2O2/c1-49-43-55(35-39-67(49)75(59-25-17-23-53(45-59)51-19-5-3-6-20-51)69-31-13-9-27-61(69)57-37-41-73-65(47-57)63-29-11-15-33-71(63)77-73)56-36-40-68(50(2)44-56)76(60-26-18-24-54(46-60)52-21-7-4-8-22-52)70-32-14-10-28-62(70)58-38-42-74-66(48-58)64-30-12-16-34-72(64)78-74/h3-48H,1-2H3. The smallest absolute Gasteiger partial charge is 0.135 e. The maximum absolute atomic E-state index is 6.29. The van der Waals surface area contributed by atoms with E-state index in [1.165, 1.54) is 11.1 Å². The summed E-state index contributed by atoms with van der Waals surface area (Å²) in [5.41, 5.74) is 23.8. The van der Waals surface area contributed by atoms with Gasteiger partial charge < -0.3 is 18.6 Å². The third kappa shape index (κ3) is 8.37. The highest BCUT2D eigenvalue weighted by Crippen LogP contribution is 2.47. The normalized spacial score (nSPS) is 11.5. The van der Waals surface area contributed by atoms with Crippen molar-refractivity contribution in [3.05, 3.63) is 290 Å². The zero-order chi connectivity index (χ0) is 52.1. The van der Waals surface area contributed by atoms with Crippen LogP contribution in [0.4, 0.5) is 34.1 Å². The van der Waals surface area contributed by atoms with Crippen LogP contribution in [0, 0.1) is 13.8 Å². The van der Waals surface area contributed by atoms with Gasteiger partial charge in [-0.1, -0.05) is 182 Å². The van der Waals surface area contributed by atoms with Crippen LogP contribution in [0.5, 0.6) is 0 Å². The Kier molecular flexibility index (Phi) is 11.6. The van der Waals surface area contributed by atoms with Crippen molar-refractivity contribution in [3.63, 3.8) is 0 Å². The second-order valence-electron chi connectivity index (χ2n) is 20.2. The minimum absolute atomic E-state index is 0.881. The predicted molar refractivity (Wildman–Crippen MR) is 327 cm³/mol. The van der Waals surface area contributed by atoms with Crippen molar-refractivity contribution in [3.8, 4) is 55.6 Å². The van der Waals surface area contributed by atoms with Crippen molar-refractivity contribution >= 4 is 78.0 Å². The van der Waals surface area contributed by atoms with Crippen molar-refractivity contribution in [2.45, 2.75) is 13.8 Å². The molecule has 0 fully saturated rings. The Morgan fingerprint density at radius 3 is 1.04 bits per heavy atom. The Morgan fingerprint density at radius 2 is 0.590 bits per heavy atom. The van der Waals surface area contributed by atoms with Crippen LogP contribution >= 0.6 is 0 Å². The van der Waals surface area contributed by atoms with Gasteiger partial charge in [0.15, 0.2) is 0 Å². The average molecular weight is 1000 g/mol. The first-order chi connectivity index (χ1) is 38.5. The minimum atomic E-state index is 0.881. The molecule has 0 aliphatic rings. The zero-order valence-corrected chi connectivity index (χ0v) is 43.3. The number of anilines is 6. The van der Waals surface area contributed by atoms with E-state index in [1.54, 1.807) is 0 Å². The number of aryl methyl sites for hydroxylation is 2. The average Bonchev–Trinajstić information content (AvgIpc) is 4.20. The molecule has 0 amide bonds. The van der Waals surface area contributed by atoms with Gasteiger partial charge in [0.05, 0.1) is 11.4 Å². The van der Waals surface area contributed by atoms with E-state index in [-0.39, 0.29) is 0 Å². The number of hydrogen-bond acceptors (Lipinski definition) is 4. The van der Waals surface area contributed by atoms with E-state index in [2.05, 4.69) is 278 Å². The van der Waals surface area contributed by atoms with Gasteiger partial charge in [-0.3, -0.25) is 0 Å². The fourth-order valence-electron chi connectivity index (χ4n) is 11.5. The van der Waals surface area contributed by atoms with Gasteiger partial charge >= 0.3 is 0 Å². The molecule has 0 aliphatic heterocycles. The number of para-hydroxylation sites is 4. The molecule has 14 aromatic rings. The third-order valence-corrected chi connectivity index (χ3v) is 15.3. The van der Waals surface area contributed by atoms with E-state index in [1.807, 2.05) is 24.3 Å². The number of fused-ring (bicyclic) bond motifs is 6. The molecule has 2 heterocycles. The van der Waals surface area contributed by atoms with Crippen LogP contribution in [0.2, 0.25) is 0 Å². The van der Waals surface area contributed by atoms with Gasteiger partial charge in [-0.05, 0) is 167 Å². The lowest BCUT2D eigenvalue weighted by atomic mass is 9.96. The summed E-state index contributed by atoms with van der Waals surface area (Å²) >= 11 is 0. The zero-order valence-electron chi connectivity index (χ0n) is 43.3. The SMILES string of the molecule is Cc1cc(-c2ccc(N(c3cccc(-c4ccccc4)c3)c3ccccc3-c3ccc4oc5ccccc5c4c3)c(C)c2)ccc1N(c1cccc(-c2ccccc2)c1)c1ccccc1-c1ccc2oc3ccccc3c2c1. The van der Waals surface area contributed by atoms with Crippen molar-refractivity contribution < 1.29 is 8.83 Å². The maximum atomic E-state index is 6.29. The Bertz CT molecular complexity index is 4260.